The van der Waals surface area contributed by atoms with Crippen LogP contribution >= 0.6 is 0 Å². The zero-order valence-corrected chi connectivity index (χ0v) is 8.22. The highest BCUT2D eigenvalue weighted by molar-refractivity contribution is 6.83. The molecule has 0 atom stereocenters. The molecule has 2 heteroatoms. The van der Waals surface area contributed by atoms with Gasteiger partial charge in [0.2, 0.25) is 0 Å². The Morgan fingerprint density at radius 1 is 1.30 bits per heavy atom. The third-order valence-electron chi connectivity index (χ3n) is 2.24. The third kappa shape index (κ3) is 3.18. The van der Waals surface area contributed by atoms with Gasteiger partial charge in [-0.2, -0.15) is 0 Å². The lowest BCUT2D eigenvalue weighted by molar-refractivity contribution is 0.343. The van der Waals surface area contributed by atoms with E-state index in [1.807, 2.05) is 6.08 Å². The van der Waals surface area contributed by atoms with Crippen LogP contribution in [0.3, 0.4) is 0 Å². The minimum atomic E-state index is -1.06. The van der Waals surface area contributed by atoms with Gasteiger partial charge in [-0.1, -0.05) is 44.3 Å². The largest absolute Gasteiger partial charge is 0.392 e. The van der Waals surface area contributed by atoms with Crippen molar-refractivity contribution in [3.63, 3.8) is 0 Å². The van der Waals surface area contributed by atoms with E-state index in [-0.39, 0.29) is 6.61 Å². The number of aliphatic hydroxyl groups is 1. The molecule has 0 aliphatic rings. The molecule has 0 amide bonds. The van der Waals surface area contributed by atoms with Crippen LogP contribution in [0.1, 0.15) is 13.8 Å². The van der Waals surface area contributed by atoms with Gasteiger partial charge in [0.05, 0.1) is 14.7 Å². The van der Waals surface area contributed by atoms with E-state index in [0.29, 0.717) is 0 Å². The van der Waals surface area contributed by atoms with E-state index < -0.39 is 8.07 Å². The zero-order valence-electron chi connectivity index (χ0n) is 7.22. The van der Waals surface area contributed by atoms with Crippen molar-refractivity contribution in [1.82, 2.24) is 0 Å². The van der Waals surface area contributed by atoms with E-state index in [9.17, 15) is 0 Å². The highest BCUT2D eigenvalue weighted by atomic mass is 28.3. The number of hydrogen-bond acceptors (Lipinski definition) is 1. The molecule has 0 aromatic rings. The van der Waals surface area contributed by atoms with Crippen LogP contribution in [0.5, 0.6) is 0 Å². The summed E-state index contributed by atoms with van der Waals surface area (Å²) in [5.74, 6) is 0. The molecule has 1 N–H and O–H groups in total. The highest BCUT2D eigenvalue weighted by Gasteiger charge is 2.17. The Hall–Kier alpha value is -0.0831. The van der Waals surface area contributed by atoms with E-state index in [4.69, 9.17) is 5.11 Å². The van der Waals surface area contributed by atoms with Crippen LogP contribution in [0, 0.1) is 0 Å². The van der Waals surface area contributed by atoms with Crippen LogP contribution in [0.4, 0.5) is 0 Å². The molecular formula is C8H18OSi. The minimum absolute atomic E-state index is 0.197. The molecular weight excluding hydrogens is 140 g/mol. The van der Waals surface area contributed by atoms with Gasteiger partial charge in [-0.25, -0.2) is 0 Å². The smallest absolute Gasteiger partial charge is 0.0739 e. The molecule has 0 fully saturated rings. The zero-order chi connectivity index (χ0) is 8.04. The van der Waals surface area contributed by atoms with Gasteiger partial charge in [0.1, 0.15) is 0 Å². The summed E-state index contributed by atoms with van der Waals surface area (Å²) in [6.07, 6.45) is 1.89. The predicted octanol–water partition coefficient (Wildman–Crippen LogP) is 2.19. The van der Waals surface area contributed by atoms with Gasteiger partial charge < -0.3 is 5.11 Å². The maximum Gasteiger partial charge on any atom is 0.0739 e. The topological polar surface area (TPSA) is 20.2 Å². The van der Waals surface area contributed by atoms with E-state index >= 15 is 0 Å². The monoisotopic (exact) mass is 158 g/mol. The van der Waals surface area contributed by atoms with Crippen molar-refractivity contribution in [2.75, 3.05) is 6.61 Å². The lowest BCUT2D eigenvalue weighted by Crippen LogP contribution is -2.24. The molecule has 0 aromatic heterocycles. The normalized spacial score (nSPS) is 12.8. The fourth-order valence-corrected chi connectivity index (χ4v) is 2.47. The van der Waals surface area contributed by atoms with E-state index in [0.717, 1.165) is 0 Å². The van der Waals surface area contributed by atoms with E-state index in [1.54, 1.807) is 0 Å². The number of aliphatic hydroxyl groups excluding tert-OH is 1. The van der Waals surface area contributed by atoms with Gasteiger partial charge in [-0.05, 0) is 0 Å². The summed E-state index contributed by atoms with van der Waals surface area (Å²) >= 11 is 0. The third-order valence-corrected chi connectivity index (χ3v) is 6.51. The molecule has 0 aromatic carbocycles. The maximum atomic E-state index is 8.56. The maximum absolute atomic E-state index is 8.56. The van der Waals surface area contributed by atoms with Gasteiger partial charge >= 0.3 is 0 Å². The van der Waals surface area contributed by atoms with Gasteiger partial charge in [0, 0.05) is 0 Å². The van der Waals surface area contributed by atoms with Crippen molar-refractivity contribution in [2.45, 2.75) is 32.5 Å². The van der Waals surface area contributed by atoms with Gasteiger partial charge in [-0.3, -0.25) is 0 Å². The molecule has 0 spiro atoms. The average molecular weight is 158 g/mol. The number of rotatable bonds is 4. The van der Waals surface area contributed by atoms with Crippen LogP contribution in [0.15, 0.2) is 11.8 Å². The van der Waals surface area contributed by atoms with Crippen molar-refractivity contribution < 1.29 is 5.11 Å². The second-order valence-corrected chi connectivity index (χ2v) is 8.00. The van der Waals surface area contributed by atoms with Crippen LogP contribution in [-0.2, 0) is 0 Å². The van der Waals surface area contributed by atoms with E-state index in [1.165, 1.54) is 12.1 Å². The summed E-state index contributed by atoms with van der Waals surface area (Å²) in [5, 5.41) is 8.56. The highest BCUT2D eigenvalue weighted by Crippen LogP contribution is 2.15. The lowest BCUT2D eigenvalue weighted by atomic mass is 10.7. The van der Waals surface area contributed by atoms with Crippen molar-refractivity contribution in [2.24, 2.45) is 0 Å². The molecule has 0 rings (SSSR count). The average Bonchev–Trinajstić information content (AvgIpc) is 2.00. The van der Waals surface area contributed by atoms with Crippen LogP contribution in [0.2, 0.25) is 18.6 Å². The first-order valence-corrected chi connectivity index (χ1v) is 6.96. The Kier molecular flexibility index (Phi) is 4.65. The summed E-state index contributed by atoms with van der Waals surface area (Å²) in [6, 6.07) is 2.56. The minimum Gasteiger partial charge on any atom is -0.392 e. The first-order valence-electron chi connectivity index (χ1n) is 3.97. The Bertz CT molecular complexity index is 106. The van der Waals surface area contributed by atoms with Crippen molar-refractivity contribution in [3.05, 3.63) is 11.8 Å². The van der Waals surface area contributed by atoms with Gasteiger partial charge in [0.15, 0.2) is 0 Å². The van der Waals surface area contributed by atoms with Gasteiger partial charge in [-0.15, -0.1) is 0 Å². The summed E-state index contributed by atoms with van der Waals surface area (Å²) in [5.41, 5.74) is 2.24. The summed E-state index contributed by atoms with van der Waals surface area (Å²) in [7, 11) is -1.06. The molecule has 60 valence electrons. The van der Waals surface area contributed by atoms with Crippen LogP contribution in [-0.4, -0.2) is 19.8 Å². The Balaban J connectivity index is 3.92. The van der Waals surface area contributed by atoms with Crippen molar-refractivity contribution in [3.8, 4) is 0 Å². The quantitative estimate of drug-likeness (QED) is 0.622. The SMILES string of the molecule is CC[Si](C)(C=CCO)CC. The lowest BCUT2D eigenvalue weighted by Gasteiger charge is -2.18. The molecule has 1 nitrogen and oxygen atoms in total. The standard InChI is InChI=1S/C8H18OSi/c1-4-10(3,5-2)8-6-7-9/h6,8-9H,4-5,7H2,1-3H3. The second-order valence-electron chi connectivity index (χ2n) is 2.95. The Labute approximate surface area is 64.8 Å². The summed E-state index contributed by atoms with van der Waals surface area (Å²) in [6.45, 7) is 7.01. The predicted molar refractivity (Wildman–Crippen MR) is 48.8 cm³/mol. The molecule has 0 heterocycles. The molecule has 10 heavy (non-hydrogen) atoms. The molecule has 0 bridgehead atoms. The van der Waals surface area contributed by atoms with Crippen molar-refractivity contribution in [1.29, 1.82) is 0 Å². The second kappa shape index (κ2) is 4.69. The van der Waals surface area contributed by atoms with E-state index in [2.05, 4.69) is 26.1 Å². The first kappa shape index (κ1) is 9.92. The summed E-state index contributed by atoms with van der Waals surface area (Å²) < 4.78 is 0. The molecule has 0 aliphatic carbocycles. The first-order chi connectivity index (χ1) is 4.68. The fourth-order valence-electron chi connectivity index (χ4n) is 0.823. The van der Waals surface area contributed by atoms with Crippen LogP contribution < -0.4 is 0 Å². The molecule has 0 saturated heterocycles. The molecule has 0 aliphatic heterocycles. The fraction of sp³-hybridized carbons (Fsp3) is 0.750. The molecule has 0 saturated carbocycles. The van der Waals surface area contributed by atoms with Gasteiger partial charge in [0.25, 0.3) is 0 Å². The van der Waals surface area contributed by atoms with Crippen LogP contribution in [0.25, 0.3) is 0 Å². The molecule has 0 unspecified atom stereocenters. The van der Waals surface area contributed by atoms with Crippen molar-refractivity contribution >= 4 is 8.07 Å². The number of hydrogen-bond donors (Lipinski definition) is 1. The summed E-state index contributed by atoms with van der Waals surface area (Å²) in [4.78, 5) is 0. The molecule has 0 radical (unpaired) electrons. The Morgan fingerprint density at radius 2 is 1.80 bits per heavy atom. The Morgan fingerprint density at radius 3 is 2.10 bits per heavy atom.